The third kappa shape index (κ3) is 11.3. The van der Waals surface area contributed by atoms with E-state index in [-0.39, 0.29) is 23.3 Å². The predicted octanol–water partition coefficient (Wildman–Crippen LogP) is 0.119. The monoisotopic (exact) mass is 170 g/mol. The molecule has 0 aliphatic heterocycles. The molecule has 4 N–H and O–H groups in total. The van der Waals surface area contributed by atoms with E-state index in [1.54, 1.807) is 0 Å². The fourth-order valence-electron chi connectivity index (χ4n) is 0.139. The number of carboxylic acids is 1. The summed E-state index contributed by atoms with van der Waals surface area (Å²) in [7, 11) is 0. The van der Waals surface area contributed by atoms with E-state index in [4.69, 9.17) is 16.2 Å². The molecule has 6 heteroatoms. The van der Waals surface area contributed by atoms with Crippen LogP contribution in [0, 0.1) is 5.41 Å². The third-order valence-electron chi connectivity index (χ3n) is 0.351. The zero-order valence-corrected chi connectivity index (χ0v) is 6.09. The molecule has 0 aromatic carbocycles. The molecule has 0 aromatic heterocycles. The Labute approximate surface area is 62.7 Å². The smallest absolute Gasteiger partial charge is 0.313 e. The van der Waals surface area contributed by atoms with Gasteiger partial charge in [-0.25, -0.2) is 0 Å². The van der Waals surface area contributed by atoms with Crippen molar-refractivity contribution in [1.29, 1.82) is 5.41 Å². The minimum Gasteiger partial charge on any atom is -0.481 e. The normalized spacial score (nSPS) is 7.56. The van der Waals surface area contributed by atoms with Crippen LogP contribution < -0.4 is 5.73 Å². The Hall–Kier alpha value is -0.420. The van der Waals surface area contributed by atoms with Gasteiger partial charge in [0.25, 0.3) is 0 Å². The number of aliphatic carboxylic acids is 1. The van der Waals surface area contributed by atoms with Gasteiger partial charge in [-0.15, -0.1) is 12.4 Å². The first kappa shape index (κ1) is 11.4. The number of nitrogens with one attached hydrogen (secondary N) is 1. The maximum atomic E-state index is 9.73. The van der Waals surface area contributed by atoms with Crippen LogP contribution in [0.2, 0.25) is 0 Å². The van der Waals surface area contributed by atoms with Gasteiger partial charge >= 0.3 is 5.97 Å². The summed E-state index contributed by atoms with van der Waals surface area (Å²) >= 11 is 0.801. The van der Waals surface area contributed by atoms with E-state index in [2.05, 4.69) is 0 Å². The standard InChI is InChI=1S/C3H6N2O2S.ClH/c4-3(5)8-1-2(6)7;/h1H2,(H3,4,5)(H,6,7);1H. The van der Waals surface area contributed by atoms with Crippen molar-refractivity contribution in [3.05, 3.63) is 0 Å². The highest BCUT2D eigenvalue weighted by atomic mass is 35.5. The molecule has 54 valence electrons. The van der Waals surface area contributed by atoms with Gasteiger partial charge < -0.3 is 10.8 Å². The van der Waals surface area contributed by atoms with Gasteiger partial charge in [0.2, 0.25) is 0 Å². The molecule has 0 rings (SSSR count). The number of carbonyl (C=O) groups is 1. The first-order valence-electron chi connectivity index (χ1n) is 1.81. The lowest BCUT2D eigenvalue weighted by molar-refractivity contribution is -0.133. The second-order valence-electron chi connectivity index (χ2n) is 1.05. The van der Waals surface area contributed by atoms with E-state index >= 15 is 0 Å². The van der Waals surface area contributed by atoms with Gasteiger partial charge in [-0.05, 0) is 0 Å². The second-order valence-corrected chi connectivity index (χ2v) is 2.06. The molecule has 0 heterocycles. The Balaban J connectivity index is 0. The van der Waals surface area contributed by atoms with Crippen molar-refractivity contribution in [2.75, 3.05) is 5.75 Å². The van der Waals surface area contributed by atoms with Crippen molar-refractivity contribution < 1.29 is 9.90 Å². The Morgan fingerprint density at radius 2 is 2.22 bits per heavy atom. The second kappa shape index (κ2) is 5.71. The van der Waals surface area contributed by atoms with Crippen molar-refractivity contribution in [2.24, 2.45) is 5.73 Å². The SMILES string of the molecule is Cl.N=C(N)SCC(=O)O. The quantitative estimate of drug-likeness (QED) is 0.406. The highest BCUT2D eigenvalue weighted by Crippen LogP contribution is 1.94. The van der Waals surface area contributed by atoms with Gasteiger partial charge in [0, 0.05) is 0 Å². The van der Waals surface area contributed by atoms with Crippen LogP contribution in [0.25, 0.3) is 0 Å². The maximum absolute atomic E-state index is 9.73. The molecule has 0 saturated heterocycles. The summed E-state index contributed by atoms with van der Waals surface area (Å²) in [6.07, 6.45) is 0. The lowest BCUT2D eigenvalue weighted by Gasteiger charge is -1.89. The average Bonchev–Trinajstić information content (AvgIpc) is 1.61. The van der Waals surface area contributed by atoms with Gasteiger partial charge in [0.15, 0.2) is 5.17 Å². The number of thioether (sulfide) groups is 1. The van der Waals surface area contributed by atoms with E-state index in [9.17, 15) is 4.79 Å². The van der Waals surface area contributed by atoms with Crippen LogP contribution in [0.3, 0.4) is 0 Å². The molecule has 0 aliphatic rings. The summed E-state index contributed by atoms with van der Waals surface area (Å²) in [4.78, 5) is 9.73. The van der Waals surface area contributed by atoms with Gasteiger partial charge in [-0.3, -0.25) is 10.2 Å². The Kier molecular flexibility index (Phi) is 7.23. The summed E-state index contributed by atoms with van der Waals surface area (Å²) in [5, 5.41) is 14.4. The molecule has 9 heavy (non-hydrogen) atoms. The number of nitrogens with two attached hydrogens (primary N) is 1. The largest absolute Gasteiger partial charge is 0.481 e. The van der Waals surface area contributed by atoms with Crippen molar-refractivity contribution in [3.8, 4) is 0 Å². The van der Waals surface area contributed by atoms with Gasteiger partial charge in [0.1, 0.15) is 0 Å². The highest BCUT2D eigenvalue weighted by molar-refractivity contribution is 8.14. The molecular weight excluding hydrogens is 164 g/mol. The van der Waals surface area contributed by atoms with Crippen LogP contribution >= 0.6 is 24.2 Å². The summed E-state index contributed by atoms with van der Waals surface area (Å²) in [5.74, 6) is -1.08. The summed E-state index contributed by atoms with van der Waals surface area (Å²) in [6.45, 7) is 0. The zero-order valence-electron chi connectivity index (χ0n) is 4.46. The summed E-state index contributed by atoms with van der Waals surface area (Å²) in [5.41, 5.74) is 4.82. The maximum Gasteiger partial charge on any atom is 0.313 e. The van der Waals surface area contributed by atoms with Crippen molar-refractivity contribution >= 4 is 35.3 Å². The van der Waals surface area contributed by atoms with Crippen LogP contribution in [0.4, 0.5) is 0 Å². The van der Waals surface area contributed by atoms with Crippen LogP contribution in [0.5, 0.6) is 0 Å². The van der Waals surface area contributed by atoms with Crippen molar-refractivity contribution in [2.45, 2.75) is 0 Å². The molecule has 0 unspecified atom stereocenters. The molecule has 0 bridgehead atoms. The minimum absolute atomic E-state index is 0. The van der Waals surface area contributed by atoms with Crippen LogP contribution in [0.15, 0.2) is 0 Å². The third-order valence-corrected chi connectivity index (χ3v) is 1.05. The highest BCUT2D eigenvalue weighted by Gasteiger charge is 1.96. The molecule has 0 spiro atoms. The first-order valence-corrected chi connectivity index (χ1v) is 2.80. The van der Waals surface area contributed by atoms with Crippen molar-refractivity contribution in [3.63, 3.8) is 0 Å². The molecular formula is C3H7ClN2O2S. The van der Waals surface area contributed by atoms with E-state index in [1.165, 1.54) is 0 Å². The van der Waals surface area contributed by atoms with Crippen LogP contribution in [-0.2, 0) is 4.79 Å². The lowest BCUT2D eigenvalue weighted by atomic mass is 10.8. The molecule has 0 aromatic rings. The number of hydrogen-bond acceptors (Lipinski definition) is 3. The first-order chi connectivity index (χ1) is 3.63. The molecule has 0 aliphatic carbocycles. The van der Waals surface area contributed by atoms with Gasteiger partial charge in [0.05, 0.1) is 5.75 Å². The number of halogens is 1. The minimum atomic E-state index is -0.954. The van der Waals surface area contributed by atoms with Gasteiger partial charge in [-0.2, -0.15) is 0 Å². The molecule has 4 nitrogen and oxygen atoms in total. The summed E-state index contributed by atoms with van der Waals surface area (Å²) in [6, 6.07) is 0. The number of rotatable bonds is 2. The van der Waals surface area contributed by atoms with E-state index < -0.39 is 5.97 Å². The molecule has 0 radical (unpaired) electrons. The molecule has 0 saturated carbocycles. The van der Waals surface area contributed by atoms with E-state index in [1.807, 2.05) is 0 Å². The van der Waals surface area contributed by atoms with E-state index in [0.29, 0.717) is 0 Å². The molecule has 0 atom stereocenters. The van der Waals surface area contributed by atoms with Crippen molar-refractivity contribution in [1.82, 2.24) is 0 Å². The lowest BCUT2D eigenvalue weighted by Crippen LogP contribution is -2.08. The topological polar surface area (TPSA) is 87.2 Å². The summed E-state index contributed by atoms with van der Waals surface area (Å²) < 4.78 is 0. The Morgan fingerprint density at radius 1 is 1.78 bits per heavy atom. The fraction of sp³-hybridized carbons (Fsp3) is 0.333. The Bertz CT molecular complexity index is 104. The molecule has 0 fully saturated rings. The number of amidine groups is 1. The van der Waals surface area contributed by atoms with Crippen LogP contribution in [-0.4, -0.2) is 22.0 Å². The predicted molar refractivity (Wildman–Crippen MR) is 39.3 cm³/mol. The Morgan fingerprint density at radius 3 is 2.33 bits per heavy atom. The number of hydrogen-bond donors (Lipinski definition) is 3. The average molecular weight is 171 g/mol. The number of carboxylic acid groups (broad SMARTS) is 1. The van der Waals surface area contributed by atoms with Gasteiger partial charge in [-0.1, -0.05) is 11.8 Å². The zero-order chi connectivity index (χ0) is 6.57. The van der Waals surface area contributed by atoms with E-state index in [0.717, 1.165) is 11.8 Å². The van der Waals surface area contributed by atoms with Crippen LogP contribution in [0.1, 0.15) is 0 Å². The fourth-order valence-corrected chi connectivity index (χ4v) is 0.418. The molecule has 0 amide bonds.